The first-order valence-electron chi connectivity index (χ1n) is 10.8. The van der Waals surface area contributed by atoms with Gasteiger partial charge in [0.2, 0.25) is 0 Å². The first-order valence-corrected chi connectivity index (χ1v) is 10.8. The minimum atomic E-state index is -0.585. The van der Waals surface area contributed by atoms with Gasteiger partial charge in [0, 0.05) is 12.7 Å². The summed E-state index contributed by atoms with van der Waals surface area (Å²) in [7, 11) is 0. The second kappa shape index (κ2) is 9.45. The molecule has 1 saturated heterocycles. The molecule has 0 atom stereocenters. The first kappa shape index (κ1) is 22.1. The predicted octanol–water partition coefficient (Wildman–Crippen LogP) is 5.72. The molecule has 4 nitrogen and oxygen atoms in total. The Hall–Kier alpha value is -2.64. The fourth-order valence-corrected chi connectivity index (χ4v) is 4.11. The summed E-state index contributed by atoms with van der Waals surface area (Å²) < 4.78 is 6.62. The Balaban J connectivity index is 1.79. The number of allylic oxidation sites excluding steroid dienone is 1. The van der Waals surface area contributed by atoms with E-state index in [1.165, 1.54) is 11.1 Å². The van der Waals surface area contributed by atoms with Crippen LogP contribution in [0.4, 0.5) is 0 Å². The van der Waals surface area contributed by atoms with Crippen molar-refractivity contribution in [2.75, 3.05) is 19.6 Å². The number of rotatable bonds is 6. The van der Waals surface area contributed by atoms with Crippen LogP contribution in [0.15, 0.2) is 48.2 Å². The average Bonchev–Trinajstić information content (AvgIpc) is 2.75. The molecule has 1 aromatic carbocycles. The third-order valence-electron chi connectivity index (χ3n) is 6.10. The Morgan fingerprint density at radius 2 is 2.00 bits per heavy atom. The van der Waals surface area contributed by atoms with Gasteiger partial charge in [-0.15, -0.1) is 0 Å². The first-order chi connectivity index (χ1) is 14.3. The van der Waals surface area contributed by atoms with Crippen molar-refractivity contribution in [3.05, 3.63) is 70.6 Å². The zero-order valence-corrected chi connectivity index (χ0v) is 18.9. The van der Waals surface area contributed by atoms with E-state index in [1.807, 2.05) is 19.9 Å². The van der Waals surface area contributed by atoms with Gasteiger partial charge in [-0.05, 0) is 89.7 Å². The van der Waals surface area contributed by atoms with Gasteiger partial charge >= 0.3 is 0 Å². The van der Waals surface area contributed by atoms with Gasteiger partial charge in [0.15, 0.2) is 0 Å². The molecule has 0 radical (unpaired) electrons. The van der Waals surface area contributed by atoms with Crippen molar-refractivity contribution in [3.8, 4) is 11.8 Å². The van der Waals surface area contributed by atoms with Crippen LogP contribution in [0.3, 0.4) is 0 Å². The minimum Gasteiger partial charge on any atom is -0.481 e. The van der Waals surface area contributed by atoms with Gasteiger partial charge in [-0.25, -0.2) is 0 Å². The molecule has 1 aromatic heterocycles. The zero-order valence-electron chi connectivity index (χ0n) is 18.9. The average molecular weight is 404 g/mol. The standard InChI is InChI=1S/C26H33N3O/c1-6-19(2)18-29-14-12-22(13-15-29)23-9-7-8-20(3)25(23)30-26(4,5)24-11-10-21(16-27)17-28-24/h6-11,17,22H,12-15,18H2,1-5H3/b19-6-. The molecule has 1 aliphatic rings. The molecule has 0 bridgehead atoms. The number of benzene rings is 1. The fourth-order valence-electron chi connectivity index (χ4n) is 4.11. The molecule has 0 N–H and O–H groups in total. The van der Waals surface area contributed by atoms with Gasteiger partial charge in [-0.3, -0.25) is 9.88 Å². The molecule has 4 heteroatoms. The molecule has 0 amide bonds. The molecule has 2 heterocycles. The van der Waals surface area contributed by atoms with Crippen LogP contribution in [-0.4, -0.2) is 29.5 Å². The Kier molecular flexibility index (Phi) is 6.95. The predicted molar refractivity (Wildman–Crippen MR) is 122 cm³/mol. The Morgan fingerprint density at radius 1 is 1.27 bits per heavy atom. The number of nitriles is 1. The Morgan fingerprint density at radius 3 is 2.60 bits per heavy atom. The van der Waals surface area contributed by atoms with Crippen molar-refractivity contribution < 1.29 is 4.74 Å². The Bertz CT molecular complexity index is 930. The number of para-hydroxylation sites is 1. The lowest BCUT2D eigenvalue weighted by Gasteiger charge is -2.35. The van der Waals surface area contributed by atoms with Crippen molar-refractivity contribution in [2.45, 2.75) is 59.0 Å². The third kappa shape index (κ3) is 5.09. The lowest BCUT2D eigenvalue weighted by molar-refractivity contribution is 0.0996. The molecule has 1 fully saturated rings. The van der Waals surface area contributed by atoms with Crippen molar-refractivity contribution >= 4 is 0 Å². The van der Waals surface area contributed by atoms with Gasteiger partial charge in [-0.2, -0.15) is 5.26 Å². The van der Waals surface area contributed by atoms with Gasteiger partial charge < -0.3 is 4.74 Å². The number of nitrogens with zero attached hydrogens (tertiary/aromatic N) is 3. The van der Waals surface area contributed by atoms with Crippen LogP contribution in [0.5, 0.6) is 5.75 Å². The second-order valence-corrected chi connectivity index (χ2v) is 8.84. The van der Waals surface area contributed by atoms with Crippen molar-refractivity contribution in [1.29, 1.82) is 5.26 Å². The van der Waals surface area contributed by atoms with Gasteiger partial charge in [0.25, 0.3) is 0 Å². The number of piperidine rings is 1. The highest BCUT2D eigenvalue weighted by Crippen LogP contribution is 2.39. The number of ether oxygens (including phenoxy) is 1. The number of pyridine rings is 1. The van der Waals surface area contributed by atoms with Crippen LogP contribution in [0.2, 0.25) is 0 Å². The maximum atomic E-state index is 9.04. The number of hydrogen-bond donors (Lipinski definition) is 0. The van der Waals surface area contributed by atoms with Crippen LogP contribution >= 0.6 is 0 Å². The highest BCUT2D eigenvalue weighted by molar-refractivity contribution is 5.44. The molecule has 0 spiro atoms. The van der Waals surface area contributed by atoms with E-state index in [0.29, 0.717) is 11.5 Å². The SMILES string of the molecule is C/C=C(/C)CN1CCC(c2cccc(C)c2OC(C)(C)c2ccc(C#N)cn2)CC1. The summed E-state index contributed by atoms with van der Waals surface area (Å²) in [6.07, 6.45) is 6.11. The summed E-state index contributed by atoms with van der Waals surface area (Å²) >= 11 is 0. The number of likely N-dealkylation sites (tertiary alicyclic amines) is 1. The van der Waals surface area contributed by atoms with E-state index >= 15 is 0 Å². The summed E-state index contributed by atoms with van der Waals surface area (Å²) in [6, 6.07) is 12.3. The smallest absolute Gasteiger partial charge is 0.145 e. The summed E-state index contributed by atoms with van der Waals surface area (Å²) in [5.41, 5.74) is 4.70. The summed E-state index contributed by atoms with van der Waals surface area (Å²) in [5.74, 6) is 1.49. The zero-order chi connectivity index (χ0) is 21.7. The molecular formula is C26H33N3O. The molecule has 3 rings (SSSR count). The van der Waals surface area contributed by atoms with Gasteiger partial charge in [0.1, 0.15) is 17.4 Å². The molecule has 0 saturated carbocycles. The van der Waals surface area contributed by atoms with Crippen molar-refractivity contribution in [3.63, 3.8) is 0 Å². The minimum absolute atomic E-state index is 0.506. The van der Waals surface area contributed by atoms with Crippen molar-refractivity contribution in [2.24, 2.45) is 0 Å². The molecule has 0 unspecified atom stereocenters. The summed E-state index contributed by atoms with van der Waals surface area (Å²) in [4.78, 5) is 7.02. The van der Waals surface area contributed by atoms with Gasteiger partial charge in [0.05, 0.1) is 11.3 Å². The fraction of sp³-hybridized carbons (Fsp3) is 0.462. The van der Waals surface area contributed by atoms with E-state index in [2.05, 4.69) is 61.0 Å². The third-order valence-corrected chi connectivity index (χ3v) is 6.10. The Labute approximate surface area is 181 Å². The molecule has 1 aliphatic heterocycles. The normalized spacial score (nSPS) is 16.3. The summed E-state index contributed by atoms with van der Waals surface area (Å²) in [5, 5.41) is 9.04. The maximum Gasteiger partial charge on any atom is 0.145 e. The second-order valence-electron chi connectivity index (χ2n) is 8.84. The maximum absolute atomic E-state index is 9.04. The lowest BCUT2D eigenvalue weighted by atomic mass is 9.87. The summed E-state index contributed by atoms with van der Waals surface area (Å²) in [6.45, 7) is 13.8. The van der Waals surface area contributed by atoms with E-state index < -0.39 is 5.60 Å². The molecule has 2 aromatic rings. The van der Waals surface area contributed by atoms with E-state index in [4.69, 9.17) is 10.00 Å². The largest absolute Gasteiger partial charge is 0.481 e. The molecular weight excluding hydrogens is 370 g/mol. The van der Waals surface area contributed by atoms with E-state index in [9.17, 15) is 0 Å². The quantitative estimate of drug-likeness (QED) is 0.579. The monoisotopic (exact) mass is 403 g/mol. The highest BCUT2D eigenvalue weighted by Gasteiger charge is 2.29. The molecule has 158 valence electrons. The topological polar surface area (TPSA) is 49.1 Å². The molecule has 0 aliphatic carbocycles. The van der Waals surface area contributed by atoms with Crippen LogP contribution in [0, 0.1) is 18.3 Å². The van der Waals surface area contributed by atoms with E-state index in [0.717, 1.165) is 49.5 Å². The van der Waals surface area contributed by atoms with Crippen LogP contribution < -0.4 is 4.74 Å². The van der Waals surface area contributed by atoms with E-state index in [-0.39, 0.29) is 0 Å². The number of aryl methyl sites for hydroxylation is 1. The van der Waals surface area contributed by atoms with Crippen molar-refractivity contribution in [1.82, 2.24) is 9.88 Å². The van der Waals surface area contributed by atoms with Gasteiger partial charge in [-0.1, -0.05) is 29.8 Å². The highest BCUT2D eigenvalue weighted by atomic mass is 16.5. The van der Waals surface area contributed by atoms with Crippen LogP contribution in [-0.2, 0) is 5.60 Å². The van der Waals surface area contributed by atoms with Crippen LogP contribution in [0.25, 0.3) is 0 Å². The molecule has 30 heavy (non-hydrogen) atoms. The lowest BCUT2D eigenvalue weighted by Crippen LogP contribution is -2.34. The number of aromatic nitrogens is 1. The number of hydrogen-bond acceptors (Lipinski definition) is 4. The van der Waals surface area contributed by atoms with Crippen LogP contribution in [0.1, 0.15) is 68.8 Å². The van der Waals surface area contributed by atoms with E-state index in [1.54, 1.807) is 12.3 Å².